The number of aromatic amines is 1. The molecule has 21 heavy (non-hydrogen) atoms. The summed E-state index contributed by atoms with van der Waals surface area (Å²) in [5, 5.41) is 10.3. The van der Waals surface area contributed by atoms with Crippen LogP contribution in [0.4, 0.5) is 0 Å². The van der Waals surface area contributed by atoms with Crippen LogP contribution in [0.15, 0.2) is 24.4 Å². The SMILES string of the molecule is O=S(=O)(O)CCCCCCc1c[nH]c2ccc(CO)cc12. The van der Waals surface area contributed by atoms with E-state index >= 15 is 0 Å². The highest BCUT2D eigenvalue weighted by atomic mass is 32.2. The topological polar surface area (TPSA) is 90.4 Å². The first-order valence-corrected chi connectivity index (χ1v) is 8.75. The Balaban J connectivity index is 1.83. The van der Waals surface area contributed by atoms with Gasteiger partial charge in [0.2, 0.25) is 0 Å². The van der Waals surface area contributed by atoms with Crippen molar-refractivity contribution in [1.29, 1.82) is 0 Å². The second-order valence-electron chi connectivity index (χ2n) is 5.30. The van der Waals surface area contributed by atoms with Crippen molar-refractivity contribution in [2.75, 3.05) is 5.75 Å². The first-order valence-electron chi connectivity index (χ1n) is 7.14. The van der Waals surface area contributed by atoms with Crippen molar-refractivity contribution in [2.24, 2.45) is 0 Å². The van der Waals surface area contributed by atoms with E-state index in [1.54, 1.807) is 0 Å². The van der Waals surface area contributed by atoms with E-state index in [9.17, 15) is 13.5 Å². The minimum atomic E-state index is -3.82. The number of benzene rings is 1. The molecule has 0 bridgehead atoms. The van der Waals surface area contributed by atoms with E-state index < -0.39 is 10.1 Å². The van der Waals surface area contributed by atoms with Crippen LogP contribution in [-0.2, 0) is 23.1 Å². The van der Waals surface area contributed by atoms with Gasteiger partial charge in [-0.05, 0) is 42.5 Å². The van der Waals surface area contributed by atoms with Gasteiger partial charge in [0, 0.05) is 17.1 Å². The first kappa shape index (κ1) is 16.0. The standard InChI is InChI=1S/C15H21NO4S/c17-11-12-6-7-15-14(9-12)13(10-16-15)5-3-1-2-4-8-21(18,19)20/h6-7,9-10,16-17H,1-5,8,11H2,(H,18,19,20). The highest BCUT2D eigenvalue weighted by molar-refractivity contribution is 7.85. The van der Waals surface area contributed by atoms with Gasteiger partial charge in [-0.1, -0.05) is 18.9 Å². The molecule has 0 amide bonds. The molecule has 1 aromatic carbocycles. The molecule has 1 heterocycles. The van der Waals surface area contributed by atoms with Crippen LogP contribution in [-0.4, -0.2) is 28.8 Å². The lowest BCUT2D eigenvalue weighted by Gasteiger charge is -2.02. The van der Waals surface area contributed by atoms with Gasteiger partial charge in [-0.3, -0.25) is 4.55 Å². The normalized spacial score (nSPS) is 12.1. The number of hydrogen-bond acceptors (Lipinski definition) is 3. The molecule has 0 unspecified atom stereocenters. The molecule has 0 aliphatic rings. The maximum atomic E-state index is 10.6. The van der Waals surface area contributed by atoms with Crippen LogP contribution >= 0.6 is 0 Å². The van der Waals surface area contributed by atoms with Gasteiger partial charge in [0.15, 0.2) is 0 Å². The summed E-state index contributed by atoms with van der Waals surface area (Å²) < 4.78 is 29.8. The van der Waals surface area contributed by atoms with Gasteiger partial charge in [0.05, 0.1) is 12.4 Å². The van der Waals surface area contributed by atoms with Crippen molar-refractivity contribution in [3.05, 3.63) is 35.5 Å². The van der Waals surface area contributed by atoms with E-state index in [-0.39, 0.29) is 12.4 Å². The van der Waals surface area contributed by atoms with E-state index in [1.165, 1.54) is 5.56 Å². The molecule has 0 radical (unpaired) electrons. The summed E-state index contributed by atoms with van der Waals surface area (Å²) in [6.07, 6.45) is 6.11. The second-order valence-corrected chi connectivity index (χ2v) is 6.87. The number of nitrogens with one attached hydrogen (secondary N) is 1. The zero-order chi connectivity index (χ0) is 15.3. The van der Waals surface area contributed by atoms with Crippen LogP contribution in [0, 0.1) is 0 Å². The molecule has 0 fully saturated rings. The monoisotopic (exact) mass is 311 g/mol. The van der Waals surface area contributed by atoms with Crippen molar-refractivity contribution in [3.8, 4) is 0 Å². The number of H-pyrrole nitrogens is 1. The second kappa shape index (κ2) is 7.06. The molecule has 0 aliphatic carbocycles. The third-order valence-electron chi connectivity index (χ3n) is 3.61. The number of hydrogen-bond donors (Lipinski definition) is 3. The molecular weight excluding hydrogens is 290 g/mol. The molecule has 0 saturated heterocycles. The molecule has 3 N–H and O–H groups in total. The Morgan fingerprint density at radius 1 is 1.10 bits per heavy atom. The van der Waals surface area contributed by atoms with Crippen LogP contribution in [0.25, 0.3) is 10.9 Å². The summed E-state index contributed by atoms with van der Waals surface area (Å²) >= 11 is 0. The number of aryl methyl sites for hydroxylation is 1. The van der Waals surface area contributed by atoms with Crippen LogP contribution in [0.1, 0.15) is 36.8 Å². The fraction of sp³-hybridized carbons (Fsp3) is 0.467. The van der Waals surface area contributed by atoms with Gasteiger partial charge < -0.3 is 10.1 Å². The fourth-order valence-corrected chi connectivity index (χ4v) is 3.05. The Morgan fingerprint density at radius 3 is 2.57 bits per heavy atom. The van der Waals surface area contributed by atoms with Gasteiger partial charge in [0.25, 0.3) is 10.1 Å². The number of aliphatic hydroxyl groups is 1. The van der Waals surface area contributed by atoms with Crippen molar-refractivity contribution in [1.82, 2.24) is 4.98 Å². The number of aliphatic hydroxyl groups excluding tert-OH is 1. The average molecular weight is 311 g/mol. The number of rotatable bonds is 8. The zero-order valence-electron chi connectivity index (χ0n) is 11.9. The van der Waals surface area contributed by atoms with Gasteiger partial charge in [-0.15, -0.1) is 0 Å². The maximum absolute atomic E-state index is 10.6. The molecule has 0 atom stereocenters. The Kier molecular flexibility index (Phi) is 5.39. The zero-order valence-corrected chi connectivity index (χ0v) is 12.7. The molecule has 5 nitrogen and oxygen atoms in total. The maximum Gasteiger partial charge on any atom is 0.264 e. The quantitative estimate of drug-likeness (QED) is 0.516. The Morgan fingerprint density at radius 2 is 1.86 bits per heavy atom. The molecule has 116 valence electrons. The first-order chi connectivity index (χ1) is 9.99. The number of unbranched alkanes of at least 4 members (excludes halogenated alkanes) is 3. The third-order valence-corrected chi connectivity index (χ3v) is 4.42. The summed E-state index contributed by atoms with van der Waals surface area (Å²) in [6.45, 7) is 0.0379. The predicted octanol–water partition coefficient (Wildman–Crippen LogP) is 2.65. The van der Waals surface area contributed by atoms with Crippen LogP contribution in [0.3, 0.4) is 0 Å². The lowest BCUT2D eigenvalue weighted by molar-refractivity contribution is 0.282. The van der Waals surface area contributed by atoms with Gasteiger partial charge in [-0.2, -0.15) is 8.42 Å². The Bertz CT molecular complexity index is 691. The molecule has 1 aromatic heterocycles. The fourth-order valence-electron chi connectivity index (χ4n) is 2.48. The van der Waals surface area contributed by atoms with Crippen LogP contribution in [0.5, 0.6) is 0 Å². The van der Waals surface area contributed by atoms with Crippen LogP contribution in [0.2, 0.25) is 0 Å². The van der Waals surface area contributed by atoms with Crippen molar-refractivity contribution < 1.29 is 18.1 Å². The molecule has 2 rings (SSSR count). The minimum absolute atomic E-state index is 0.0379. The van der Waals surface area contributed by atoms with Gasteiger partial charge >= 0.3 is 0 Å². The van der Waals surface area contributed by atoms with E-state index in [4.69, 9.17) is 4.55 Å². The summed E-state index contributed by atoms with van der Waals surface area (Å²) in [6, 6.07) is 5.87. The molecule has 0 aliphatic heterocycles. The summed E-state index contributed by atoms with van der Waals surface area (Å²) in [7, 11) is -3.82. The highest BCUT2D eigenvalue weighted by Crippen LogP contribution is 2.22. The lowest BCUT2D eigenvalue weighted by Crippen LogP contribution is -2.03. The van der Waals surface area contributed by atoms with Gasteiger partial charge in [0.1, 0.15) is 0 Å². The van der Waals surface area contributed by atoms with Crippen molar-refractivity contribution in [3.63, 3.8) is 0 Å². The Labute approximate surface area is 124 Å². The Hall–Kier alpha value is -1.37. The smallest absolute Gasteiger partial charge is 0.264 e. The minimum Gasteiger partial charge on any atom is -0.392 e. The largest absolute Gasteiger partial charge is 0.392 e. The van der Waals surface area contributed by atoms with E-state index in [1.807, 2.05) is 24.4 Å². The highest BCUT2D eigenvalue weighted by Gasteiger charge is 2.06. The van der Waals surface area contributed by atoms with E-state index in [2.05, 4.69) is 4.98 Å². The third kappa shape index (κ3) is 4.84. The summed E-state index contributed by atoms with van der Waals surface area (Å²) in [4.78, 5) is 3.22. The van der Waals surface area contributed by atoms with E-state index in [0.717, 1.165) is 42.1 Å². The van der Waals surface area contributed by atoms with Crippen molar-refractivity contribution in [2.45, 2.75) is 38.7 Å². The van der Waals surface area contributed by atoms with Gasteiger partial charge in [-0.25, -0.2) is 0 Å². The van der Waals surface area contributed by atoms with Crippen molar-refractivity contribution >= 4 is 21.0 Å². The lowest BCUT2D eigenvalue weighted by atomic mass is 10.0. The molecule has 6 heteroatoms. The molecular formula is C15H21NO4S. The average Bonchev–Trinajstić information content (AvgIpc) is 2.83. The number of fused-ring (bicyclic) bond motifs is 1. The molecule has 2 aromatic rings. The number of aromatic nitrogens is 1. The molecule has 0 saturated carbocycles. The molecule has 0 spiro atoms. The summed E-state index contributed by atoms with van der Waals surface area (Å²) in [5.74, 6) is -0.153. The summed E-state index contributed by atoms with van der Waals surface area (Å²) in [5.41, 5.74) is 3.18. The van der Waals surface area contributed by atoms with Crippen LogP contribution < -0.4 is 0 Å². The predicted molar refractivity (Wildman–Crippen MR) is 82.8 cm³/mol. The van der Waals surface area contributed by atoms with E-state index in [0.29, 0.717) is 6.42 Å².